The van der Waals surface area contributed by atoms with Gasteiger partial charge in [-0.15, -0.1) is 0 Å². The van der Waals surface area contributed by atoms with Crippen molar-refractivity contribution in [3.63, 3.8) is 0 Å². The minimum absolute atomic E-state index is 0.351. The third-order valence-electron chi connectivity index (χ3n) is 2.53. The summed E-state index contributed by atoms with van der Waals surface area (Å²) in [4.78, 5) is 11.6. The van der Waals surface area contributed by atoms with Gasteiger partial charge in [-0.3, -0.25) is 0 Å². The molecule has 0 unspecified atom stereocenters. The summed E-state index contributed by atoms with van der Waals surface area (Å²) in [6.45, 7) is 4.88. The Hall–Kier alpha value is -1.71. The summed E-state index contributed by atoms with van der Waals surface area (Å²) in [6, 6.07) is 4.95. The number of nitrogen functional groups attached to an aromatic ring is 1. The second-order valence-corrected chi connectivity index (χ2v) is 4.03. The molecule has 0 fully saturated rings. The molecule has 0 aliphatic carbocycles. The maximum Gasteiger partial charge on any atom is 0.338 e. The molecule has 4 heteroatoms. The van der Waals surface area contributed by atoms with Crippen LogP contribution in [-0.2, 0) is 4.74 Å². The summed E-state index contributed by atoms with van der Waals surface area (Å²) in [5.74, 6) is 0.201. The van der Waals surface area contributed by atoms with Gasteiger partial charge in [-0.25, -0.2) is 4.79 Å². The first-order chi connectivity index (χ1) is 8.69. The standard InChI is InChI=1S/C14H21NO3/c1-3-5-6-9-18-13-10-11(7-8-12(13)15)14(16)17-4-2/h7-8,10H,3-6,9,15H2,1-2H3. The zero-order valence-corrected chi connectivity index (χ0v) is 11.1. The van der Waals surface area contributed by atoms with Crippen LogP contribution in [0.2, 0.25) is 0 Å². The fraction of sp³-hybridized carbons (Fsp3) is 0.500. The minimum atomic E-state index is -0.351. The number of ether oxygens (including phenoxy) is 2. The van der Waals surface area contributed by atoms with Gasteiger partial charge in [0.15, 0.2) is 0 Å². The first-order valence-electron chi connectivity index (χ1n) is 6.38. The third-order valence-corrected chi connectivity index (χ3v) is 2.53. The van der Waals surface area contributed by atoms with Crippen molar-refractivity contribution < 1.29 is 14.3 Å². The molecule has 0 saturated heterocycles. The van der Waals surface area contributed by atoms with Gasteiger partial charge < -0.3 is 15.2 Å². The van der Waals surface area contributed by atoms with Gasteiger partial charge in [0, 0.05) is 0 Å². The molecule has 0 heterocycles. The predicted molar refractivity (Wildman–Crippen MR) is 71.8 cm³/mol. The van der Waals surface area contributed by atoms with E-state index in [1.807, 2.05) is 0 Å². The van der Waals surface area contributed by atoms with Crippen molar-refractivity contribution in [3.8, 4) is 5.75 Å². The second-order valence-electron chi connectivity index (χ2n) is 4.03. The number of rotatable bonds is 7. The number of hydrogen-bond donors (Lipinski definition) is 1. The van der Waals surface area contributed by atoms with Gasteiger partial charge in [0.1, 0.15) is 5.75 Å². The number of carbonyl (C=O) groups excluding carboxylic acids is 1. The van der Waals surface area contributed by atoms with Crippen LogP contribution >= 0.6 is 0 Å². The van der Waals surface area contributed by atoms with Crippen molar-refractivity contribution in [2.24, 2.45) is 0 Å². The largest absolute Gasteiger partial charge is 0.491 e. The van der Waals surface area contributed by atoms with E-state index >= 15 is 0 Å². The molecule has 0 radical (unpaired) electrons. The summed E-state index contributed by atoms with van der Waals surface area (Å²) < 4.78 is 10.5. The highest BCUT2D eigenvalue weighted by molar-refractivity contribution is 5.90. The molecule has 0 amide bonds. The van der Waals surface area contributed by atoms with Crippen LogP contribution in [-0.4, -0.2) is 19.2 Å². The van der Waals surface area contributed by atoms with Crippen LogP contribution in [0, 0.1) is 0 Å². The van der Waals surface area contributed by atoms with Gasteiger partial charge in [-0.05, 0) is 31.5 Å². The van der Waals surface area contributed by atoms with Crippen LogP contribution in [0.1, 0.15) is 43.5 Å². The highest BCUT2D eigenvalue weighted by Gasteiger charge is 2.09. The molecule has 100 valence electrons. The van der Waals surface area contributed by atoms with Crippen LogP contribution in [0.25, 0.3) is 0 Å². The lowest BCUT2D eigenvalue weighted by molar-refractivity contribution is 0.0526. The van der Waals surface area contributed by atoms with Crippen LogP contribution in [0.4, 0.5) is 5.69 Å². The van der Waals surface area contributed by atoms with Crippen molar-refractivity contribution in [3.05, 3.63) is 23.8 Å². The quantitative estimate of drug-likeness (QED) is 0.459. The smallest absolute Gasteiger partial charge is 0.338 e. The van der Waals surface area contributed by atoms with E-state index in [0.717, 1.165) is 19.3 Å². The van der Waals surface area contributed by atoms with E-state index in [4.69, 9.17) is 15.2 Å². The van der Waals surface area contributed by atoms with Crippen molar-refractivity contribution >= 4 is 11.7 Å². The monoisotopic (exact) mass is 251 g/mol. The van der Waals surface area contributed by atoms with E-state index in [9.17, 15) is 4.79 Å². The van der Waals surface area contributed by atoms with Crippen LogP contribution < -0.4 is 10.5 Å². The first-order valence-corrected chi connectivity index (χ1v) is 6.38. The number of carbonyl (C=O) groups is 1. The zero-order valence-electron chi connectivity index (χ0n) is 11.1. The van der Waals surface area contributed by atoms with Gasteiger partial charge in [0.2, 0.25) is 0 Å². The topological polar surface area (TPSA) is 61.5 Å². The summed E-state index contributed by atoms with van der Waals surface area (Å²) in [5, 5.41) is 0. The van der Waals surface area contributed by atoms with E-state index in [1.165, 1.54) is 0 Å². The molecular weight excluding hydrogens is 230 g/mol. The Bertz CT molecular complexity index is 391. The van der Waals surface area contributed by atoms with Gasteiger partial charge >= 0.3 is 5.97 Å². The Morgan fingerprint density at radius 3 is 2.72 bits per heavy atom. The maximum absolute atomic E-state index is 11.6. The molecule has 1 aromatic carbocycles. The molecule has 4 nitrogen and oxygen atoms in total. The average molecular weight is 251 g/mol. The molecule has 0 saturated carbocycles. The van der Waals surface area contributed by atoms with Gasteiger partial charge in [0.25, 0.3) is 0 Å². The summed E-state index contributed by atoms with van der Waals surface area (Å²) in [7, 11) is 0. The first kappa shape index (κ1) is 14.4. The molecule has 0 aliphatic heterocycles. The van der Waals surface area contributed by atoms with Crippen LogP contribution in [0.15, 0.2) is 18.2 Å². The van der Waals surface area contributed by atoms with Gasteiger partial charge in [0.05, 0.1) is 24.5 Å². The molecule has 18 heavy (non-hydrogen) atoms. The Morgan fingerprint density at radius 1 is 1.28 bits per heavy atom. The van der Waals surface area contributed by atoms with E-state index < -0.39 is 0 Å². The predicted octanol–water partition coefficient (Wildman–Crippen LogP) is 3.01. The number of anilines is 1. The van der Waals surface area contributed by atoms with Crippen molar-refractivity contribution in [2.45, 2.75) is 33.1 Å². The number of esters is 1. The van der Waals surface area contributed by atoms with E-state index in [2.05, 4.69) is 6.92 Å². The number of unbranched alkanes of at least 4 members (excludes halogenated alkanes) is 2. The summed E-state index contributed by atoms with van der Waals surface area (Å²) in [5.41, 5.74) is 6.81. The summed E-state index contributed by atoms with van der Waals surface area (Å²) in [6.07, 6.45) is 3.25. The second kappa shape index (κ2) is 7.58. The zero-order chi connectivity index (χ0) is 13.4. The van der Waals surface area contributed by atoms with E-state index in [-0.39, 0.29) is 5.97 Å². The van der Waals surface area contributed by atoms with Gasteiger partial charge in [-0.1, -0.05) is 19.8 Å². The van der Waals surface area contributed by atoms with Crippen LogP contribution in [0.3, 0.4) is 0 Å². The number of hydrogen-bond acceptors (Lipinski definition) is 4. The van der Waals surface area contributed by atoms with Gasteiger partial charge in [-0.2, -0.15) is 0 Å². The highest BCUT2D eigenvalue weighted by atomic mass is 16.5. The molecule has 1 rings (SSSR count). The third kappa shape index (κ3) is 4.28. The maximum atomic E-state index is 11.6. The van der Waals surface area contributed by atoms with E-state index in [0.29, 0.717) is 30.2 Å². The Labute approximate surface area is 108 Å². The SMILES string of the molecule is CCCCCOc1cc(C(=O)OCC)ccc1N. The number of nitrogens with two attached hydrogens (primary N) is 1. The Balaban J connectivity index is 2.66. The lowest BCUT2D eigenvalue weighted by Crippen LogP contribution is -2.06. The molecule has 2 N–H and O–H groups in total. The highest BCUT2D eigenvalue weighted by Crippen LogP contribution is 2.23. The molecule has 0 aliphatic rings. The van der Waals surface area contributed by atoms with Crippen molar-refractivity contribution in [1.29, 1.82) is 0 Å². The normalized spacial score (nSPS) is 10.1. The molecule has 1 aromatic rings. The van der Waals surface area contributed by atoms with E-state index in [1.54, 1.807) is 25.1 Å². The Kier molecular flexibility index (Phi) is 6.05. The molecule has 0 atom stereocenters. The lowest BCUT2D eigenvalue weighted by Gasteiger charge is -2.10. The Morgan fingerprint density at radius 2 is 2.06 bits per heavy atom. The van der Waals surface area contributed by atoms with Crippen LogP contribution in [0.5, 0.6) is 5.75 Å². The van der Waals surface area contributed by atoms with Crippen molar-refractivity contribution in [2.75, 3.05) is 18.9 Å². The summed E-state index contributed by atoms with van der Waals surface area (Å²) >= 11 is 0. The number of benzene rings is 1. The molecule has 0 aromatic heterocycles. The molecule has 0 bridgehead atoms. The fourth-order valence-electron chi connectivity index (χ4n) is 1.53. The minimum Gasteiger partial charge on any atom is -0.491 e. The lowest BCUT2D eigenvalue weighted by atomic mass is 10.2. The average Bonchev–Trinajstić information content (AvgIpc) is 2.37. The molecular formula is C14H21NO3. The fourth-order valence-corrected chi connectivity index (χ4v) is 1.53. The van der Waals surface area contributed by atoms with Crippen molar-refractivity contribution in [1.82, 2.24) is 0 Å². The molecule has 0 spiro atoms.